The van der Waals surface area contributed by atoms with Crippen molar-refractivity contribution in [2.45, 2.75) is 43.8 Å². The molecule has 0 N–H and O–H groups in total. The standard InChI is InChI=1S/C34H28O5/c35-33(19-9-3-1-4-10-19)38-31-26-17-27(32(31)39-34(36)20-11-5-2-6-12-20)30-23-18-29-24(15-21(23)16-25(26)30)22-13-7-8-14-28(22)37-29/h1-6,8-12,14-15,18,25-27,30-32H,7,13,16-17H2/t25?,26-,27?,30?,31?,32?/m0/s1. The largest absolute Gasteiger partial charge is 0.456 e. The molecule has 4 aliphatic rings. The minimum Gasteiger partial charge on any atom is -0.456 e. The van der Waals surface area contributed by atoms with E-state index in [0.717, 1.165) is 37.0 Å². The molecule has 5 nitrogen and oxygen atoms in total. The summed E-state index contributed by atoms with van der Waals surface area (Å²) in [6.45, 7) is 0. The molecule has 1 aromatic heterocycles. The Hall–Kier alpha value is -4.12. The SMILES string of the molecule is O=C(OC1C2C[C@@H](C3Cc4cc5c6c(oc5cc4C23)C=CCC6)C1OC(=O)c1ccccc1)c1ccccc1. The van der Waals surface area contributed by atoms with E-state index in [2.05, 4.69) is 24.3 Å². The second kappa shape index (κ2) is 8.70. The van der Waals surface area contributed by atoms with Gasteiger partial charge < -0.3 is 13.9 Å². The number of furan rings is 1. The molecule has 194 valence electrons. The maximum atomic E-state index is 13.2. The highest BCUT2D eigenvalue weighted by Gasteiger charge is 2.63. The van der Waals surface area contributed by atoms with Gasteiger partial charge in [-0.05, 0) is 91.1 Å². The van der Waals surface area contributed by atoms with Gasteiger partial charge in [0.25, 0.3) is 0 Å². The molecule has 6 atom stereocenters. The quantitative estimate of drug-likeness (QED) is 0.281. The van der Waals surface area contributed by atoms with E-state index in [-0.39, 0.29) is 29.7 Å². The Bertz CT molecular complexity index is 1630. The summed E-state index contributed by atoms with van der Waals surface area (Å²) >= 11 is 0. The highest BCUT2D eigenvalue weighted by atomic mass is 16.6. The van der Waals surface area contributed by atoms with Crippen LogP contribution >= 0.6 is 0 Å². The number of hydrogen-bond donors (Lipinski definition) is 0. The molecule has 2 saturated carbocycles. The Kier molecular flexibility index (Phi) is 5.09. The fraction of sp³-hybridized carbons (Fsp3) is 0.294. The molecule has 2 fully saturated rings. The van der Waals surface area contributed by atoms with Crippen LogP contribution in [0.2, 0.25) is 0 Å². The van der Waals surface area contributed by atoms with Gasteiger partial charge in [-0.15, -0.1) is 0 Å². The van der Waals surface area contributed by atoms with Crippen molar-refractivity contribution in [3.05, 3.63) is 112 Å². The van der Waals surface area contributed by atoms with Crippen LogP contribution < -0.4 is 0 Å². The van der Waals surface area contributed by atoms with E-state index in [9.17, 15) is 9.59 Å². The van der Waals surface area contributed by atoms with Gasteiger partial charge in [-0.3, -0.25) is 0 Å². The fourth-order valence-corrected chi connectivity index (χ4v) is 7.83. The number of carbonyl (C=O) groups excluding carboxylic acids is 2. The summed E-state index contributed by atoms with van der Waals surface area (Å²) in [4.78, 5) is 26.4. The van der Waals surface area contributed by atoms with Crippen molar-refractivity contribution < 1.29 is 23.5 Å². The molecule has 4 aliphatic carbocycles. The second-order valence-electron chi connectivity index (χ2n) is 11.4. The number of ether oxygens (including phenoxy) is 2. The van der Waals surface area contributed by atoms with E-state index in [1.807, 2.05) is 36.4 Å². The van der Waals surface area contributed by atoms with Crippen molar-refractivity contribution in [2.75, 3.05) is 0 Å². The average Bonchev–Trinajstić information content (AvgIpc) is 3.71. The summed E-state index contributed by atoms with van der Waals surface area (Å²) in [6.07, 6.45) is 7.18. The number of allylic oxidation sites excluding steroid dienone is 1. The number of esters is 2. The van der Waals surface area contributed by atoms with Crippen LogP contribution in [0.5, 0.6) is 0 Å². The molecule has 39 heavy (non-hydrogen) atoms. The van der Waals surface area contributed by atoms with Crippen molar-refractivity contribution in [3.63, 3.8) is 0 Å². The number of carbonyl (C=O) groups is 2. The molecule has 0 aliphatic heterocycles. The van der Waals surface area contributed by atoms with Crippen LogP contribution in [0, 0.1) is 17.8 Å². The van der Waals surface area contributed by atoms with Gasteiger partial charge >= 0.3 is 11.9 Å². The molecular weight excluding hydrogens is 488 g/mol. The first kappa shape index (κ1) is 22.8. The van der Waals surface area contributed by atoms with Gasteiger partial charge in [-0.1, -0.05) is 42.5 Å². The number of benzene rings is 3. The molecule has 0 radical (unpaired) electrons. The molecule has 5 heteroatoms. The zero-order valence-electron chi connectivity index (χ0n) is 21.4. The molecule has 2 bridgehead atoms. The average molecular weight is 517 g/mol. The lowest BCUT2D eigenvalue weighted by molar-refractivity contribution is -0.0698. The predicted octanol–water partition coefficient (Wildman–Crippen LogP) is 6.75. The molecule has 0 saturated heterocycles. The molecule has 5 unspecified atom stereocenters. The van der Waals surface area contributed by atoms with Crippen molar-refractivity contribution in [2.24, 2.45) is 17.8 Å². The number of fused-ring (bicyclic) bond motifs is 10. The monoisotopic (exact) mass is 516 g/mol. The van der Waals surface area contributed by atoms with E-state index in [0.29, 0.717) is 17.0 Å². The lowest BCUT2D eigenvalue weighted by Crippen LogP contribution is -2.45. The highest BCUT2D eigenvalue weighted by Crippen LogP contribution is 2.63. The molecule has 8 rings (SSSR count). The normalized spacial score (nSPS) is 27.7. The zero-order chi connectivity index (χ0) is 26.1. The Morgan fingerprint density at radius 3 is 2.15 bits per heavy atom. The summed E-state index contributed by atoms with van der Waals surface area (Å²) in [5, 5.41) is 1.22. The third kappa shape index (κ3) is 3.52. The first-order valence-corrected chi connectivity index (χ1v) is 13.9. The van der Waals surface area contributed by atoms with Gasteiger partial charge in [0, 0.05) is 22.8 Å². The van der Waals surface area contributed by atoms with Crippen LogP contribution in [-0.4, -0.2) is 24.1 Å². The summed E-state index contributed by atoms with van der Waals surface area (Å²) in [6, 6.07) is 22.7. The third-order valence-corrected chi connectivity index (χ3v) is 9.42. The van der Waals surface area contributed by atoms with E-state index in [1.165, 1.54) is 22.1 Å². The third-order valence-electron chi connectivity index (χ3n) is 9.42. The van der Waals surface area contributed by atoms with Crippen LogP contribution in [0.4, 0.5) is 0 Å². The Labute approximate surface area is 226 Å². The molecule has 3 aromatic carbocycles. The topological polar surface area (TPSA) is 65.7 Å². The van der Waals surface area contributed by atoms with Gasteiger partial charge in [0.05, 0.1) is 11.1 Å². The second-order valence-corrected chi connectivity index (χ2v) is 11.4. The van der Waals surface area contributed by atoms with Crippen molar-refractivity contribution in [3.8, 4) is 0 Å². The van der Waals surface area contributed by atoms with Gasteiger partial charge in [0.15, 0.2) is 0 Å². The minimum absolute atomic E-state index is 0.0874. The van der Waals surface area contributed by atoms with Gasteiger partial charge in [0.2, 0.25) is 0 Å². The lowest BCUT2D eigenvalue weighted by atomic mass is 9.76. The molecule has 4 aromatic rings. The number of rotatable bonds is 4. The van der Waals surface area contributed by atoms with Crippen LogP contribution in [0.1, 0.15) is 61.9 Å². The maximum Gasteiger partial charge on any atom is 0.338 e. The van der Waals surface area contributed by atoms with Crippen molar-refractivity contribution >= 4 is 29.0 Å². The van der Waals surface area contributed by atoms with E-state index in [4.69, 9.17) is 13.9 Å². The Morgan fingerprint density at radius 1 is 0.795 bits per heavy atom. The first-order chi connectivity index (χ1) is 19.2. The summed E-state index contributed by atoms with van der Waals surface area (Å²) in [7, 11) is 0. The van der Waals surface area contributed by atoms with E-state index < -0.39 is 12.2 Å². The van der Waals surface area contributed by atoms with Crippen molar-refractivity contribution in [1.82, 2.24) is 0 Å². The minimum atomic E-state index is -0.494. The number of aryl methyl sites for hydroxylation is 1. The Morgan fingerprint density at radius 2 is 1.46 bits per heavy atom. The highest BCUT2D eigenvalue weighted by molar-refractivity contribution is 5.91. The maximum absolute atomic E-state index is 13.2. The zero-order valence-corrected chi connectivity index (χ0v) is 21.4. The molecule has 0 amide bonds. The van der Waals surface area contributed by atoms with E-state index in [1.54, 1.807) is 24.3 Å². The van der Waals surface area contributed by atoms with Crippen LogP contribution in [0.3, 0.4) is 0 Å². The lowest BCUT2D eigenvalue weighted by Gasteiger charge is -2.37. The van der Waals surface area contributed by atoms with E-state index >= 15 is 0 Å². The van der Waals surface area contributed by atoms with Gasteiger partial charge in [-0.25, -0.2) is 9.59 Å². The summed E-state index contributed by atoms with van der Waals surface area (Å²) in [5.41, 5.74) is 5.93. The Balaban J connectivity index is 1.15. The smallest absolute Gasteiger partial charge is 0.338 e. The van der Waals surface area contributed by atoms with Crippen molar-refractivity contribution in [1.29, 1.82) is 0 Å². The van der Waals surface area contributed by atoms with Crippen LogP contribution in [-0.2, 0) is 22.3 Å². The van der Waals surface area contributed by atoms with Gasteiger partial charge in [0.1, 0.15) is 23.6 Å². The molecular formula is C34H28O5. The summed E-state index contributed by atoms with van der Waals surface area (Å²) in [5.74, 6) is 1.08. The number of hydrogen-bond acceptors (Lipinski definition) is 5. The van der Waals surface area contributed by atoms with Crippen LogP contribution in [0.25, 0.3) is 17.0 Å². The first-order valence-electron chi connectivity index (χ1n) is 13.9. The predicted molar refractivity (Wildman–Crippen MR) is 146 cm³/mol. The van der Waals surface area contributed by atoms with Gasteiger partial charge in [-0.2, -0.15) is 0 Å². The van der Waals surface area contributed by atoms with Crippen LogP contribution in [0.15, 0.2) is 83.3 Å². The molecule has 1 heterocycles. The molecule has 0 spiro atoms. The fourth-order valence-electron chi connectivity index (χ4n) is 7.83. The summed E-state index contributed by atoms with van der Waals surface area (Å²) < 4.78 is 18.7.